The molecule has 0 bridgehead atoms. The van der Waals surface area contributed by atoms with Gasteiger partial charge < -0.3 is 15.8 Å². The third-order valence-corrected chi connectivity index (χ3v) is 2.30. The molecule has 0 amide bonds. The van der Waals surface area contributed by atoms with E-state index in [1.165, 1.54) is 0 Å². The van der Waals surface area contributed by atoms with Crippen molar-refractivity contribution in [1.82, 2.24) is 4.98 Å². The van der Waals surface area contributed by atoms with E-state index >= 15 is 0 Å². The van der Waals surface area contributed by atoms with Crippen LogP contribution < -0.4 is 11.3 Å². The average Bonchev–Trinajstić information content (AvgIpc) is 2.18. The maximum atomic E-state index is 12.7. The second-order valence-electron chi connectivity index (χ2n) is 3.50. The fourth-order valence-corrected chi connectivity index (χ4v) is 1.54. The van der Waals surface area contributed by atoms with Crippen molar-refractivity contribution in [3.05, 3.63) is 34.1 Å². The molecule has 0 aliphatic carbocycles. The number of halogens is 3. The zero-order valence-electron chi connectivity index (χ0n) is 8.30. The van der Waals surface area contributed by atoms with Gasteiger partial charge in [-0.3, -0.25) is 4.79 Å². The molecule has 0 saturated carbocycles. The van der Waals surface area contributed by atoms with E-state index in [2.05, 4.69) is 4.98 Å². The van der Waals surface area contributed by atoms with Crippen LogP contribution in [0.1, 0.15) is 5.56 Å². The monoisotopic (exact) mass is 244 g/mol. The van der Waals surface area contributed by atoms with Gasteiger partial charge in [0.25, 0.3) is 0 Å². The van der Waals surface area contributed by atoms with Crippen molar-refractivity contribution in [3.8, 4) is 5.75 Å². The van der Waals surface area contributed by atoms with Gasteiger partial charge >= 0.3 is 6.18 Å². The number of aromatic nitrogens is 1. The van der Waals surface area contributed by atoms with Gasteiger partial charge in [-0.2, -0.15) is 13.2 Å². The zero-order chi connectivity index (χ0) is 12.8. The number of aromatic amines is 1. The van der Waals surface area contributed by atoms with Gasteiger partial charge in [-0.1, -0.05) is 0 Å². The quantitative estimate of drug-likeness (QED) is 0.488. The number of pyridine rings is 1. The van der Waals surface area contributed by atoms with Gasteiger partial charge in [0.1, 0.15) is 5.75 Å². The summed E-state index contributed by atoms with van der Waals surface area (Å²) in [5.41, 5.74) is 3.18. The summed E-state index contributed by atoms with van der Waals surface area (Å²) in [5.74, 6) is -0.463. The first kappa shape index (κ1) is 11.3. The fourth-order valence-electron chi connectivity index (χ4n) is 1.54. The number of nitrogens with one attached hydrogen (secondary N) is 1. The average molecular weight is 244 g/mol. The maximum Gasteiger partial charge on any atom is 0.417 e. The van der Waals surface area contributed by atoms with E-state index in [4.69, 9.17) is 5.73 Å². The van der Waals surface area contributed by atoms with Gasteiger partial charge in [0.15, 0.2) is 0 Å². The van der Waals surface area contributed by atoms with Crippen LogP contribution in [0, 0.1) is 0 Å². The van der Waals surface area contributed by atoms with Gasteiger partial charge in [0.2, 0.25) is 5.56 Å². The van der Waals surface area contributed by atoms with E-state index in [0.717, 1.165) is 12.1 Å². The summed E-state index contributed by atoms with van der Waals surface area (Å²) >= 11 is 0. The summed E-state index contributed by atoms with van der Waals surface area (Å²) in [6.07, 6.45) is -4.67. The van der Waals surface area contributed by atoms with Crippen molar-refractivity contribution in [2.24, 2.45) is 0 Å². The Labute approximate surface area is 92.5 Å². The summed E-state index contributed by atoms with van der Waals surface area (Å²) in [5, 5.41) is 8.99. The summed E-state index contributed by atoms with van der Waals surface area (Å²) in [6, 6.07) is 2.41. The molecule has 2 rings (SSSR count). The summed E-state index contributed by atoms with van der Waals surface area (Å²) in [6.45, 7) is 0. The Hall–Kier alpha value is -2.18. The van der Waals surface area contributed by atoms with Gasteiger partial charge in [0, 0.05) is 11.5 Å². The minimum atomic E-state index is -4.67. The van der Waals surface area contributed by atoms with Crippen LogP contribution in [0.15, 0.2) is 23.0 Å². The zero-order valence-corrected chi connectivity index (χ0v) is 8.30. The van der Waals surface area contributed by atoms with Crippen molar-refractivity contribution < 1.29 is 18.3 Å². The van der Waals surface area contributed by atoms with Gasteiger partial charge in [-0.05, 0) is 12.1 Å². The minimum Gasteiger partial charge on any atom is -0.506 e. The lowest BCUT2D eigenvalue weighted by Gasteiger charge is -2.10. The second kappa shape index (κ2) is 3.41. The van der Waals surface area contributed by atoms with E-state index < -0.39 is 23.0 Å². The highest BCUT2D eigenvalue weighted by Crippen LogP contribution is 2.35. The molecule has 4 nitrogen and oxygen atoms in total. The van der Waals surface area contributed by atoms with Crippen LogP contribution in [0.25, 0.3) is 10.9 Å². The molecule has 90 valence electrons. The van der Waals surface area contributed by atoms with Crippen molar-refractivity contribution >= 4 is 16.6 Å². The van der Waals surface area contributed by atoms with Gasteiger partial charge in [-0.25, -0.2) is 0 Å². The number of hydrogen-bond donors (Lipinski definition) is 3. The van der Waals surface area contributed by atoms with Crippen molar-refractivity contribution in [1.29, 1.82) is 0 Å². The molecule has 17 heavy (non-hydrogen) atoms. The van der Waals surface area contributed by atoms with E-state index in [-0.39, 0.29) is 16.6 Å². The molecule has 0 radical (unpaired) electrons. The Morgan fingerprint density at radius 2 is 1.88 bits per heavy atom. The molecule has 0 aliphatic heterocycles. The number of H-pyrrole nitrogens is 1. The highest BCUT2D eigenvalue weighted by molar-refractivity contribution is 5.87. The summed E-state index contributed by atoms with van der Waals surface area (Å²) in [4.78, 5) is 13.3. The Morgan fingerprint density at radius 1 is 1.24 bits per heavy atom. The smallest absolute Gasteiger partial charge is 0.417 e. The van der Waals surface area contributed by atoms with Crippen LogP contribution in [-0.4, -0.2) is 10.1 Å². The van der Waals surface area contributed by atoms with E-state index in [9.17, 15) is 23.1 Å². The number of alkyl halides is 3. The van der Waals surface area contributed by atoms with Crippen LogP contribution in [-0.2, 0) is 6.18 Å². The standard InChI is InChI=1S/C10H7F3N2O2/c11-10(12,13)5-2-9(17)15-7-3-6(14)8(16)1-4(5)7/h1-3,16H,14H2,(H,15,17). The molecule has 1 aromatic heterocycles. The third-order valence-electron chi connectivity index (χ3n) is 2.30. The van der Waals surface area contributed by atoms with Crippen molar-refractivity contribution in [2.45, 2.75) is 6.18 Å². The Morgan fingerprint density at radius 3 is 2.47 bits per heavy atom. The number of nitrogens with two attached hydrogens (primary N) is 1. The summed E-state index contributed by atoms with van der Waals surface area (Å²) < 4.78 is 38.0. The van der Waals surface area contributed by atoms with Crippen LogP contribution in [0.2, 0.25) is 0 Å². The molecule has 0 spiro atoms. The number of anilines is 1. The van der Waals surface area contributed by atoms with E-state index in [0.29, 0.717) is 6.07 Å². The van der Waals surface area contributed by atoms with Crippen LogP contribution in [0.3, 0.4) is 0 Å². The molecule has 0 saturated heterocycles. The molecule has 7 heteroatoms. The molecule has 1 heterocycles. The van der Waals surface area contributed by atoms with Gasteiger partial charge in [-0.15, -0.1) is 0 Å². The van der Waals surface area contributed by atoms with E-state index in [1.54, 1.807) is 0 Å². The predicted molar refractivity (Wildman–Crippen MR) is 55.6 cm³/mol. The number of rotatable bonds is 0. The molecule has 0 unspecified atom stereocenters. The number of nitrogen functional groups attached to an aromatic ring is 1. The SMILES string of the molecule is Nc1cc2[nH]c(=O)cc(C(F)(F)F)c2cc1O. The maximum absolute atomic E-state index is 12.7. The number of hydrogen-bond acceptors (Lipinski definition) is 3. The summed E-state index contributed by atoms with van der Waals surface area (Å²) in [7, 11) is 0. The molecule has 0 atom stereocenters. The van der Waals surface area contributed by atoms with E-state index in [1.807, 2.05) is 0 Å². The normalized spacial score (nSPS) is 11.9. The van der Waals surface area contributed by atoms with Crippen molar-refractivity contribution in [2.75, 3.05) is 5.73 Å². The Kier molecular flexibility index (Phi) is 2.27. The minimum absolute atomic E-state index is 0.0693. The number of benzene rings is 1. The highest BCUT2D eigenvalue weighted by atomic mass is 19.4. The highest BCUT2D eigenvalue weighted by Gasteiger charge is 2.33. The van der Waals surface area contributed by atoms with Crippen LogP contribution in [0.4, 0.5) is 18.9 Å². The topological polar surface area (TPSA) is 79.1 Å². The predicted octanol–water partition coefficient (Wildman–Crippen LogP) is 1.83. The number of fused-ring (bicyclic) bond motifs is 1. The third kappa shape index (κ3) is 1.91. The Bertz CT molecular complexity index is 646. The molecular weight excluding hydrogens is 237 g/mol. The molecule has 0 fully saturated rings. The Balaban J connectivity index is 2.93. The number of phenolic OH excluding ortho intramolecular Hbond substituents is 1. The first-order valence-corrected chi connectivity index (χ1v) is 4.52. The molecule has 4 N–H and O–H groups in total. The van der Waals surface area contributed by atoms with Crippen molar-refractivity contribution in [3.63, 3.8) is 0 Å². The lowest BCUT2D eigenvalue weighted by atomic mass is 10.1. The lowest BCUT2D eigenvalue weighted by molar-refractivity contribution is -0.136. The van der Waals surface area contributed by atoms with Gasteiger partial charge in [0.05, 0.1) is 16.8 Å². The number of aromatic hydroxyl groups is 1. The lowest BCUT2D eigenvalue weighted by Crippen LogP contribution is -2.14. The first-order valence-electron chi connectivity index (χ1n) is 4.52. The number of phenols is 1. The largest absolute Gasteiger partial charge is 0.506 e. The van der Waals surface area contributed by atoms with Crippen LogP contribution in [0.5, 0.6) is 5.75 Å². The molecular formula is C10H7F3N2O2. The molecule has 2 aromatic rings. The van der Waals surface area contributed by atoms with Crippen LogP contribution >= 0.6 is 0 Å². The molecule has 0 aliphatic rings. The molecule has 1 aromatic carbocycles. The fraction of sp³-hybridized carbons (Fsp3) is 0.100. The second-order valence-corrected chi connectivity index (χ2v) is 3.50. The first-order chi connectivity index (χ1) is 7.79.